The number of rotatable bonds is 9. The lowest BCUT2D eigenvalue weighted by atomic mass is 9.90. The third-order valence-electron chi connectivity index (χ3n) is 6.68. The molecule has 0 bridgehead atoms. The molecule has 32 heavy (non-hydrogen) atoms. The Morgan fingerprint density at radius 2 is 2.09 bits per heavy atom. The topological polar surface area (TPSA) is 77.7 Å². The third kappa shape index (κ3) is 5.40. The van der Waals surface area contributed by atoms with Crippen molar-refractivity contribution in [3.05, 3.63) is 35.4 Å². The Labute approximate surface area is 188 Å². The van der Waals surface area contributed by atoms with Crippen LogP contribution in [0.25, 0.3) is 0 Å². The number of ether oxygens (including phenoxy) is 2. The van der Waals surface area contributed by atoms with Gasteiger partial charge in [-0.2, -0.15) is 4.98 Å². The van der Waals surface area contributed by atoms with Crippen molar-refractivity contribution in [2.75, 3.05) is 31.7 Å². The lowest BCUT2D eigenvalue weighted by Gasteiger charge is -2.30. The largest absolute Gasteiger partial charge is 0.493 e. The van der Waals surface area contributed by atoms with Gasteiger partial charge in [-0.25, -0.2) is 4.39 Å². The van der Waals surface area contributed by atoms with E-state index in [0.717, 1.165) is 50.0 Å². The Bertz CT molecular complexity index is 924. The number of piperidine rings is 1. The summed E-state index contributed by atoms with van der Waals surface area (Å²) < 4.78 is 29.9. The van der Waals surface area contributed by atoms with Crippen LogP contribution in [0.1, 0.15) is 56.8 Å². The van der Waals surface area contributed by atoms with Crippen molar-refractivity contribution in [2.45, 2.75) is 51.9 Å². The van der Waals surface area contributed by atoms with Crippen molar-refractivity contribution in [3.8, 4) is 5.75 Å². The van der Waals surface area contributed by atoms with Crippen LogP contribution in [-0.2, 0) is 16.0 Å². The summed E-state index contributed by atoms with van der Waals surface area (Å²) in [5, 5.41) is 4.07. The van der Waals surface area contributed by atoms with Gasteiger partial charge < -0.3 is 18.9 Å². The summed E-state index contributed by atoms with van der Waals surface area (Å²) in [5.41, 5.74) is 0.318. The molecule has 2 aromatic rings. The maximum Gasteiger partial charge on any atom is 0.324 e. The molecule has 0 N–H and O–H groups in total. The first-order chi connectivity index (χ1) is 15.4. The minimum absolute atomic E-state index is 0.0728. The predicted molar refractivity (Wildman–Crippen MR) is 117 cm³/mol. The number of aromatic nitrogens is 2. The van der Waals surface area contributed by atoms with E-state index in [1.54, 1.807) is 12.1 Å². The number of anilines is 1. The molecule has 0 amide bonds. The number of carbonyl (C=O) groups is 1. The molecule has 1 aliphatic carbocycles. The Morgan fingerprint density at radius 3 is 2.75 bits per heavy atom. The fourth-order valence-corrected chi connectivity index (χ4v) is 4.61. The van der Waals surface area contributed by atoms with Gasteiger partial charge >= 0.3 is 12.0 Å². The van der Waals surface area contributed by atoms with Crippen molar-refractivity contribution in [2.24, 2.45) is 17.8 Å². The summed E-state index contributed by atoms with van der Waals surface area (Å²) in [5.74, 6) is 2.82. The Morgan fingerprint density at radius 1 is 1.31 bits per heavy atom. The minimum atomic E-state index is -0.458. The third-order valence-corrected chi connectivity index (χ3v) is 6.68. The smallest absolute Gasteiger partial charge is 0.324 e. The zero-order chi connectivity index (χ0) is 22.7. The van der Waals surface area contributed by atoms with Crippen molar-refractivity contribution < 1.29 is 23.2 Å². The Kier molecular flexibility index (Phi) is 6.96. The van der Waals surface area contributed by atoms with Crippen LogP contribution in [0.4, 0.5) is 10.4 Å². The molecule has 2 heterocycles. The zero-order valence-corrected chi connectivity index (χ0v) is 19.1. The summed E-state index contributed by atoms with van der Waals surface area (Å²) in [4.78, 5) is 18.0. The van der Waals surface area contributed by atoms with Crippen LogP contribution >= 0.6 is 0 Å². The molecule has 1 saturated carbocycles. The SMILES string of the molecule is COC(=O)Cc1ccc(OCC[C@@H]2CC2C2CCN(c3nc(C(C)C)no3)CC2)cc1F. The first-order valence-corrected chi connectivity index (χ1v) is 11.5. The second kappa shape index (κ2) is 9.88. The molecule has 1 saturated heterocycles. The number of methoxy groups -OCH3 is 1. The summed E-state index contributed by atoms with van der Waals surface area (Å²) >= 11 is 0. The van der Waals surface area contributed by atoms with Gasteiger partial charge in [-0.3, -0.25) is 4.79 Å². The first-order valence-electron chi connectivity index (χ1n) is 11.5. The fraction of sp³-hybridized carbons (Fsp3) is 0.625. The van der Waals surface area contributed by atoms with E-state index in [-0.39, 0.29) is 12.3 Å². The molecule has 1 aliphatic heterocycles. The van der Waals surface area contributed by atoms with Crippen LogP contribution < -0.4 is 9.64 Å². The number of halogens is 1. The summed E-state index contributed by atoms with van der Waals surface area (Å²) in [6.45, 7) is 6.63. The molecular weight excluding hydrogens is 413 g/mol. The average molecular weight is 446 g/mol. The van der Waals surface area contributed by atoms with Crippen molar-refractivity contribution in [3.63, 3.8) is 0 Å². The monoisotopic (exact) mass is 445 g/mol. The molecule has 1 aromatic carbocycles. The van der Waals surface area contributed by atoms with E-state index in [1.807, 2.05) is 0 Å². The van der Waals surface area contributed by atoms with Crippen molar-refractivity contribution in [1.82, 2.24) is 10.1 Å². The second-order valence-corrected chi connectivity index (χ2v) is 9.22. The normalized spacial score (nSPS) is 21.1. The minimum Gasteiger partial charge on any atom is -0.493 e. The zero-order valence-electron chi connectivity index (χ0n) is 19.1. The summed E-state index contributed by atoms with van der Waals surface area (Å²) in [6.07, 6.45) is 4.45. The average Bonchev–Trinajstić information content (AvgIpc) is 3.38. The fourth-order valence-electron chi connectivity index (χ4n) is 4.61. The molecule has 7 nitrogen and oxygen atoms in total. The van der Waals surface area contributed by atoms with Crippen molar-refractivity contribution >= 4 is 12.0 Å². The van der Waals surface area contributed by atoms with Crippen LogP contribution in [0, 0.1) is 23.6 Å². The van der Waals surface area contributed by atoms with Crippen LogP contribution in [0.3, 0.4) is 0 Å². The van der Waals surface area contributed by atoms with Gasteiger partial charge in [-0.05, 0) is 55.1 Å². The van der Waals surface area contributed by atoms with E-state index in [4.69, 9.17) is 9.26 Å². The molecule has 0 spiro atoms. The summed E-state index contributed by atoms with van der Waals surface area (Å²) in [6, 6.07) is 5.30. The number of esters is 1. The van der Waals surface area contributed by atoms with Gasteiger partial charge in [0.15, 0.2) is 5.82 Å². The number of hydrogen-bond donors (Lipinski definition) is 0. The second-order valence-electron chi connectivity index (χ2n) is 9.22. The van der Waals surface area contributed by atoms with Crippen LogP contribution in [0.5, 0.6) is 5.75 Å². The number of nitrogens with zero attached hydrogens (tertiary/aromatic N) is 3. The number of benzene rings is 1. The standard InChI is InChI=1S/C24H32FN3O4/c1-15(2)23-26-24(32-27-23)28-9-6-16(7-10-28)20-12-17(20)8-11-31-19-5-4-18(21(25)14-19)13-22(29)30-3/h4-5,14-17,20H,6-13H2,1-3H3/t17-,20?/m1/s1. The van der Waals surface area contributed by atoms with E-state index in [9.17, 15) is 9.18 Å². The summed E-state index contributed by atoms with van der Waals surface area (Å²) in [7, 11) is 1.29. The van der Waals surface area contributed by atoms with Gasteiger partial charge in [-0.1, -0.05) is 25.1 Å². The lowest BCUT2D eigenvalue weighted by molar-refractivity contribution is -0.139. The van der Waals surface area contributed by atoms with Gasteiger partial charge in [-0.15, -0.1) is 0 Å². The lowest BCUT2D eigenvalue weighted by Crippen LogP contribution is -2.34. The highest BCUT2D eigenvalue weighted by Crippen LogP contribution is 2.50. The maximum atomic E-state index is 14.1. The van der Waals surface area contributed by atoms with Gasteiger partial charge in [0.1, 0.15) is 11.6 Å². The number of hydrogen-bond acceptors (Lipinski definition) is 7. The predicted octanol–water partition coefficient (Wildman–Crippen LogP) is 4.37. The highest BCUT2D eigenvalue weighted by molar-refractivity contribution is 5.72. The highest BCUT2D eigenvalue weighted by Gasteiger charge is 2.43. The number of carbonyl (C=O) groups excluding carboxylic acids is 1. The van der Waals surface area contributed by atoms with Crippen LogP contribution in [0.15, 0.2) is 22.7 Å². The molecule has 2 atom stereocenters. The van der Waals surface area contributed by atoms with Crippen LogP contribution in [-0.4, -0.2) is 42.9 Å². The molecule has 174 valence electrons. The Hall–Kier alpha value is -2.64. The van der Waals surface area contributed by atoms with Gasteiger partial charge in [0.25, 0.3) is 0 Å². The molecular formula is C24H32FN3O4. The molecule has 2 aliphatic rings. The molecule has 8 heteroatoms. The van der Waals surface area contributed by atoms with E-state index >= 15 is 0 Å². The quantitative estimate of drug-likeness (QED) is 0.531. The van der Waals surface area contributed by atoms with E-state index in [2.05, 4.69) is 33.6 Å². The molecule has 1 aromatic heterocycles. The highest BCUT2D eigenvalue weighted by atomic mass is 19.1. The van der Waals surface area contributed by atoms with Crippen LogP contribution in [0.2, 0.25) is 0 Å². The first kappa shape index (κ1) is 22.6. The van der Waals surface area contributed by atoms with E-state index in [0.29, 0.717) is 29.9 Å². The van der Waals surface area contributed by atoms with Gasteiger partial charge in [0.2, 0.25) is 0 Å². The molecule has 1 unspecified atom stereocenters. The van der Waals surface area contributed by atoms with Gasteiger partial charge in [0, 0.05) is 25.1 Å². The molecule has 2 fully saturated rings. The molecule has 4 rings (SSSR count). The van der Waals surface area contributed by atoms with Gasteiger partial charge in [0.05, 0.1) is 20.1 Å². The molecule has 0 radical (unpaired) electrons. The Balaban J connectivity index is 1.17. The van der Waals surface area contributed by atoms with Crippen molar-refractivity contribution in [1.29, 1.82) is 0 Å². The van der Waals surface area contributed by atoms with E-state index in [1.165, 1.54) is 19.6 Å². The maximum absolute atomic E-state index is 14.1. The van der Waals surface area contributed by atoms with E-state index < -0.39 is 11.8 Å².